The highest BCUT2D eigenvalue weighted by atomic mass is 19.1. The Balaban J connectivity index is 1.69. The molecule has 0 saturated carbocycles. The van der Waals surface area contributed by atoms with Gasteiger partial charge in [-0.3, -0.25) is 9.78 Å². The van der Waals surface area contributed by atoms with E-state index in [1.165, 1.54) is 12.1 Å². The molecular formula is C19H18FN3O. The largest absolute Gasteiger partial charge is 0.348 e. The zero-order valence-corrected chi connectivity index (χ0v) is 13.3. The van der Waals surface area contributed by atoms with Gasteiger partial charge in [-0.25, -0.2) is 4.39 Å². The first-order valence-corrected chi connectivity index (χ1v) is 7.76. The standard InChI is InChI=1S/C19H18FN3O/c1-14(18-6-2-3-11-21-18)22-19(24)13-17-5-4-12-23(17)16-9-7-15(20)8-10-16/h2-12,14H,13H2,1H3,(H,22,24)/t14-/m1/s1. The predicted octanol–water partition coefficient (Wildman–Crippen LogP) is 3.43. The van der Waals surface area contributed by atoms with Gasteiger partial charge in [0.05, 0.1) is 18.2 Å². The van der Waals surface area contributed by atoms with E-state index in [1.807, 2.05) is 48.0 Å². The summed E-state index contributed by atoms with van der Waals surface area (Å²) in [6.45, 7) is 1.90. The molecule has 2 aromatic heterocycles. The Morgan fingerprint density at radius 1 is 1.17 bits per heavy atom. The van der Waals surface area contributed by atoms with Crippen LogP contribution >= 0.6 is 0 Å². The maximum Gasteiger partial charge on any atom is 0.226 e. The summed E-state index contributed by atoms with van der Waals surface area (Å²) in [5.74, 6) is -0.371. The molecule has 1 N–H and O–H groups in total. The molecule has 1 atom stereocenters. The van der Waals surface area contributed by atoms with E-state index in [4.69, 9.17) is 0 Å². The first-order chi connectivity index (χ1) is 11.6. The molecule has 5 heteroatoms. The van der Waals surface area contributed by atoms with E-state index < -0.39 is 0 Å². The number of amides is 1. The summed E-state index contributed by atoms with van der Waals surface area (Å²) in [6.07, 6.45) is 3.80. The van der Waals surface area contributed by atoms with E-state index in [0.29, 0.717) is 0 Å². The van der Waals surface area contributed by atoms with Crippen molar-refractivity contribution in [3.05, 3.63) is 84.2 Å². The minimum atomic E-state index is -0.283. The van der Waals surface area contributed by atoms with Gasteiger partial charge in [0.2, 0.25) is 5.91 Å². The molecule has 0 fully saturated rings. The molecule has 0 aliphatic rings. The van der Waals surface area contributed by atoms with Crippen LogP contribution in [0.5, 0.6) is 0 Å². The number of nitrogens with one attached hydrogen (secondary N) is 1. The maximum atomic E-state index is 13.1. The predicted molar refractivity (Wildman–Crippen MR) is 90.2 cm³/mol. The SMILES string of the molecule is C[C@@H](NC(=O)Cc1cccn1-c1ccc(F)cc1)c1ccccn1. The molecule has 0 spiro atoms. The van der Waals surface area contributed by atoms with Crippen LogP contribution in [0.4, 0.5) is 4.39 Å². The molecule has 0 unspecified atom stereocenters. The van der Waals surface area contributed by atoms with Crippen molar-refractivity contribution in [3.63, 3.8) is 0 Å². The second-order valence-corrected chi connectivity index (χ2v) is 5.57. The summed E-state index contributed by atoms with van der Waals surface area (Å²) >= 11 is 0. The molecule has 122 valence electrons. The van der Waals surface area contributed by atoms with Crippen molar-refractivity contribution < 1.29 is 9.18 Å². The van der Waals surface area contributed by atoms with Crippen molar-refractivity contribution in [2.75, 3.05) is 0 Å². The van der Waals surface area contributed by atoms with Crippen LogP contribution in [0.2, 0.25) is 0 Å². The molecule has 4 nitrogen and oxygen atoms in total. The zero-order chi connectivity index (χ0) is 16.9. The van der Waals surface area contributed by atoms with Crippen LogP contribution in [0.1, 0.15) is 24.4 Å². The average Bonchev–Trinajstić information content (AvgIpc) is 3.04. The Hall–Kier alpha value is -2.95. The number of halogens is 1. The third-order valence-corrected chi connectivity index (χ3v) is 3.79. The zero-order valence-electron chi connectivity index (χ0n) is 13.3. The number of rotatable bonds is 5. The number of benzene rings is 1. The van der Waals surface area contributed by atoms with Gasteiger partial charge in [-0.15, -0.1) is 0 Å². The summed E-state index contributed by atoms with van der Waals surface area (Å²) < 4.78 is 14.9. The van der Waals surface area contributed by atoms with Crippen LogP contribution in [0.15, 0.2) is 67.0 Å². The minimum absolute atomic E-state index is 0.0878. The lowest BCUT2D eigenvalue weighted by Gasteiger charge is -2.14. The van der Waals surface area contributed by atoms with E-state index in [9.17, 15) is 9.18 Å². The van der Waals surface area contributed by atoms with Crippen LogP contribution in [-0.2, 0) is 11.2 Å². The fraction of sp³-hybridized carbons (Fsp3) is 0.158. The van der Waals surface area contributed by atoms with E-state index in [-0.39, 0.29) is 24.2 Å². The van der Waals surface area contributed by atoms with E-state index >= 15 is 0 Å². The summed E-state index contributed by atoms with van der Waals surface area (Å²) in [5.41, 5.74) is 2.48. The summed E-state index contributed by atoms with van der Waals surface area (Å²) in [4.78, 5) is 16.6. The quantitative estimate of drug-likeness (QED) is 0.782. The van der Waals surface area contributed by atoms with E-state index in [2.05, 4.69) is 10.3 Å². The molecule has 3 rings (SSSR count). The van der Waals surface area contributed by atoms with Crippen molar-refractivity contribution in [2.45, 2.75) is 19.4 Å². The van der Waals surface area contributed by atoms with Gasteiger partial charge >= 0.3 is 0 Å². The topological polar surface area (TPSA) is 46.9 Å². The Morgan fingerprint density at radius 2 is 1.96 bits per heavy atom. The van der Waals surface area contributed by atoms with Gasteiger partial charge in [-0.1, -0.05) is 6.07 Å². The fourth-order valence-electron chi connectivity index (χ4n) is 2.58. The van der Waals surface area contributed by atoms with Crippen molar-refractivity contribution in [2.24, 2.45) is 0 Å². The number of hydrogen-bond acceptors (Lipinski definition) is 2. The van der Waals surface area contributed by atoms with Gasteiger partial charge in [-0.05, 0) is 55.5 Å². The van der Waals surface area contributed by atoms with Crippen LogP contribution in [0.25, 0.3) is 5.69 Å². The highest BCUT2D eigenvalue weighted by Gasteiger charge is 2.13. The van der Waals surface area contributed by atoms with Crippen LogP contribution < -0.4 is 5.32 Å². The molecule has 0 saturated heterocycles. The third-order valence-electron chi connectivity index (χ3n) is 3.79. The molecule has 0 bridgehead atoms. The van der Waals surface area contributed by atoms with Gasteiger partial charge in [0.25, 0.3) is 0 Å². The molecule has 0 aliphatic heterocycles. The molecule has 0 radical (unpaired) electrons. The summed E-state index contributed by atoms with van der Waals surface area (Å²) in [5, 5.41) is 2.95. The monoisotopic (exact) mass is 323 g/mol. The first-order valence-electron chi connectivity index (χ1n) is 7.76. The van der Waals surface area contributed by atoms with Gasteiger partial charge in [0.1, 0.15) is 5.82 Å². The van der Waals surface area contributed by atoms with Gasteiger partial charge in [0.15, 0.2) is 0 Å². The van der Waals surface area contributed by atoms with E-state index in [1.54, 1.807) is 18.3 Å². The third kappa shape index (κ3) is 3.68. The Bertz CT molecular complexity index is 812. The highest BCUT2D eigenvalue weighted by Crippen LogP contribution is 2.15. The van der Waals surface area contributed by atoms with Gasteiger partial charge in [-0.2, -0.15) is 0 Å². The van der Waals surface area contributed by atoms with Crippen LogP contribution in [0, 0.1) is 5.82 Å². The average molecular weight is 323 g/mol. The lowest BCUT2D eigenvalue weighted by molar-refractivity contribution is -0.121. The van der Waals surface area contributed by atoms with Crippen molar-refractivity contribution >= 4 is 5.91 Å². The van der Waals surface area contributed by atoms with E-state index in [0.717, 1.165) is 17.1 Å². The Morgan fingerprint density at radius 3 is 2.67 bits per heavy atom. The number of aromatic nitrogens is 2. The Kier molecular flexibility index (Phi) is 4.70. The highest BCUT2D eigenvalue weighted by molar-refractivity contribution is 5.78. The second kappa shape index (κ2) is 7.08. The minimum Gasteiger partial charge on any atom is -0.348 e. The lowest BCUT2D eigenvalue weighted by Crippen LogP contribution is -2.29. The number of carbonyl (C=O) groups excluding carboxylic acids is 1. The van der Waals surface area contributed by atoms with Crippen molar-refractivity contribution in [1.82, 2.24) is 14.9 Å². The summed E-state index contributed by atoms with van der Waals surface area (Å²) in [7, 11) is 0. The number of pyridine rings is 1. The van der Waals surface area contributed by atoms with Crippen LogP contribution in [0.3, 0.4) is 0 Å². The molecule has 24 heavy (non-hydrogen) atoms. The lowest BCUT2D eigenvalue weighted by atomic mass is 10.2. The summed E-state index contributed by atoms with van der Waals surface area (Å²) in [6, 6.07) is 15.4. The molecule has 2 heterocycles. The number of nitrogens with zero attached hydrogens (tertiary/aromatic N) is 2. The van der Waals surface area contributed by atoms with Crippen LogP contribution in [-0.4, -0.2) is 15.5 Å². The second-order valence-electron chi connectivity index (χ2n) is 5.57. The molecule has 3 aromatic rings. The molecule has 1 amide bonds. The Labute approximate surface area is 140 Å². The molecular weight excluding hydrogens is 305 g/mol. The van der Waals surface area contributed by atoms with Gasteiger partial charge in [0, 0.05) is 23.8 Å². The molecule has 0 aliphatic carbocycles. The van der Waals surface area contributed by atoms with Crippen molar-refractivity contribution in [3.8, 4) is 5.69 Å². The molecule has 1 aromatic carbocycles. The fourth-order valence-corrected chi connectivity index (χ4v) is 2.58. The normalized spacial score (nSPS) is 11.9. The maximum absolute atomic E-state index is 13.1. The first kappa shape index (κ1) is 15.9. The number of carbonyl (C=O) groups is 1. The smallest absolute Gasteiger partial charge is 0.226 e. The van der Waals surface area contributed by atoms with Crippen molar-refractivity contribution in [1.29, 1.82) is 0 Å². The number of hydrogen-bond donors (Lipinski definition) is 1. The van der Waals surface area contributed by atoms with Gasteiger partial charge < -0.3 is 9.88 Å².